The highest BCUT2D eigenvalue weighted by Crippen LogP contribution is 2.27. The number of anilines is 1. The minimum absolute atomic E-state index is 0.353. The Morgan fingerprint density at radius 1 is 1.00 bits per heavy atom. The lowest BCUT2D eigenvalue weighted by molar-refractivity contribution is 0.198. The van der Waals surface area contributed by atoms with Crippen molar-refractivity contribution in [2.75, 3.05) is 38.2 Å². The molecule has 4 rings (SSSR count). The Morgan fingerprint density at radius 2 is 1.77 bits per heavy atom. The minimum atomic E-state index is 0.353. The molecule has 2 aromatic heterocycles. The SMILES string of the molecule is CCc1cc(N2CCN(C(C)c3cccc(OC)c3)CC2)nc(-c2ccncc2)n1. The second-order valence-electron chi connectivity index (χ2n) is 7.61. The van der Waals surface area contributed by atoms with E-state index < -0.39 is 0 Å². The van der Waals surface area contributed by atoms with Crippen LogP contribution in [0.5, 0.6) is 5.75 Å². The van der Waals surface area contributed by atoms with Gasteiger partial charge in [-0.05, 0) is 43.2 Å². The Labute approximate surface area is 178 Å². The number of benzene rings is 1. The van der Waals surface area contributed by atoms with Gasteiger partial charge >= 0.3 is 0 Å². The van der Waals surface area contributed by atoms with Crippen LogP contribution in [-0.2, 0) is 6.42 Å². The highest BCUT2D eigenvalue weighted by molar-refractivity contribution is 5.57. The summed E-state index contributed by atoms with van der Waals surface area (Å²) in [5, 5.41) is 0. The molecule has 1 aliphatic rings. The van der Waals surface area contributed by atoms with E-state index in [1.54, 1.807) is 19.5 Å². The number of nitrogens with zero attached hydrogens (tertiary/aromatic N) is 5. The van der Waals surface area contributed by atoms with E-state index in [1.165, 1.54) is 5.56 Å². The largest absolute Gasteiger partial charge is 0.497 e. The molecule has 0 saturated carbocycles. The minimum Gasteiger partial charge on any atom is -0.497 e. The normalized spacial score (nSPS) is 15.8. The smallest absolute Gasteiger partial charge is 0.161 e. The zero-order valence-electron chi connectivity index (χ0n) is 18.0. The van der Waals surface area contributed by atoms with Crippen molar-refractivity contribution >= 4 is 5.82 Å². The molecule has 3 heterocycles. The first-order valence-electron chi connectivity index (χ1n) is 10.6. The highest BCUT2D eigenvalue weighted by atomic mass is 16.5. The molecule has 1 aliphatic heterocycles. The van der Waals surface area contributed by atoms with Gasteiger partial charge < -0.3 is 9.64 Å². The van der Waals surface area contributed by atoms with Crippen LogP contribution < -0.4 is 9.64 Å². The summed E-state index contributed by atoms with van der Waals surface area (Å²) in [6, 6.07) is 14.8. The van der Waals surface area contributed by atoms with Crippen molar-refractivity contribution in [2.24, 2.45) is 0 Å². The third-order valence-electron chi connectivity index (χ3n) is 5.83. The van der Waals surface area contributed by atoms with E-state index in [-0.39, 0.29) is 0 Å². The number of pyridine rings is 1. The van der Waals surface area contributed by atoms with Crippen molar-refractivity contribution in [3.63, 3.8) is 0 Å². The first kappa shape index (κ1) is 20.3. The van der Waals surface area contributed by atoms with E-state index in [9.17, 15) is 0 Å². The standard InChI is InChI=1S/C24H29N5O/c1-4-21-17-23(27-24(26-21)19-8-10-25-11-9-19)29-14-12-28(13-15-29)18(2)20-6-5-7-22(16-20)30-3/h5-11,16-18H,4,12-15H2,1-3H3. The van der Waals surface area contributed by atoms with Crippen LogP contribution in [0.2, 0.25) is 0 Å². The fourth-order valence-corrected chi connectivity index (χ4v) is 3.91. The van der Waals surface area contributed by atoms with Crippen LogP contribution in [0.3, 0.4) is 0 Å². The summed E-state index contributed by atoms with van der Waals surface area (Å²) in [5.41, 5.74) is 3.36. The summed E-state index contributed by atoms with van der Waals surface area (Å²) < 4.78 is 5.39. The number of piperazine rings is 1. The number of hydrogen-bond acceptors (Lipinski definition) is 6. The van der Waals surface area contributed by atoms with Gasteiger partial charge in [-0.3, -0.25) is 9.88 Å². The van der Waals surface area contributed by atoms with Crippen LogP contribution in [0.4, 0.5) is 5.82 Å². The lowest BCUT2D eigenvalue weighted by atomic mass is 10.1. The fourth-order valence-electron chi connectivity index (χ4n) is 3.91. The molecule has 1 fully saturated rings. The Kier molecular flexibility index (Phi) is 6.23. The van der Waals surface area contributed by atoms with Crippen molar-refractivity contribution in [1.82, 2.24) is 19.9 Å². The third kappa shape index (κ3) is 4.44. The van der Waals surface area contributed by atoms with Crippen LogP contribution >= 0.6 is 0 Å². The summed E-state index contributed by atoms with van der Waals surface area (Å²) in [5.74, 6) is 2.70. The van der Waals surface area contributed by atoms with Crippen molar-refractivity contribution in [2.45, 2.75) is 26.3 Å². The number of aryl methyl sites for hydroxylation is 1. The van der Waals surface area contributed by atoms with E-state index in [2.05, 4.69) is 52.9 Å². The average molecular weight is 404 g/mol. The van der Waals surface area contributed by atoms with Crippen LogP contribution in [0.25, 0.3) is 11.4 Å². The molecule has 6 heteroatoms. The van der Waals surface area contributed by atoms with Crippen LogP contribution in [0, 0.1) is 0 Å². The number of rotatable bonds is 6. The molecule has 1 atom stereocenters. The molecule has 0 N–H and O–H groups in total. The van der Waals surface area contributed by atoms with Crippen LogP contribution in [0.1, 0.15) is 31.1 Å². The summed E-state index contributed by atoms with van der Waals surface area (Å²) in [6.07, 6.45) is 4.46. The average Bonchev–Trinajstić information content (AvgIpc) is 2.84. The monoisotopic (exact) mass is 403 g/mol. The number of hydrogen-bond donors (Lipinski definition) is 0. The molecule has 30 heavy (non-hydrogen) atoms. The molecular weight excluding hydrogens is 374 g/mol. The Morgan fingerprint density at radius 3 is 2.47 bits per heavy atom. The maximum absolute atomic E-state index is 5.39. The first-order chi connectivity index (χ1) is 14.7. The predicted molar refractivity (Wildman–Crippen MR) is 120 cm³/mol. The number of ether oxygens (including phenoxy) is 1. The second-order valence-corrected chi connectivity index (χ2v) is 7.61. The lowest BCUT2D eigenvalue weighted by Gasteiger charge is -2.39. The number of methoxy groups -OCH3 is 1. The van der Waals surface area contributed by atoms with Gasteiger partial charge in [-0.1, -0.05) is 19.1 Å². The first-order valence-corrected chi connectivity index (χ1v) is 10.6. The third-order valence-corrected chi connectivity index (χ3v) is 5.83. The van der Waals surface area contributed by atoms with E-state index in [0.29, 0.717) is 6.04 Å². The highest BCUT2D eigenvalue weighted by Gasteiger charge is 2.23. The maximum atomic E-state index is 5.39. The summed E-state index contributed by atoms with van der Waals surface area (Å²) in [7, 11) is 1.72. The molecule has 1 aromatic carbocycles. The van der Waals surface area contributed by atoms with Gasteiger partial charge in [0.25, 0.3) is 0 Å². The van der Waals surface area contributed by atoms with Gasteiger partial charge in [0.15, 0.2) is 5.82 Å². The summed E-state index contributed by atoms with van der Waals surface area (Å²) in [6.45, 7) is 8.29. The summed E-state index contributed by atoms with van der Waals surface area (Å²) in [4.78, 5) is 18.6. The van der Waals surface area contributed by atoms with Crippen molar-refractivity contribution in [3.8, 4) is 17.1 Å². The Bertz CT molecular complexity index is 970. The van der Waals surface area contributed by atoms with E-state index in [0.717, 1.165) is 61.2 Å². The Balaban J connectivity index is 1.48. The molecule has 1 unspecified atom stereocenters. The van der Waals surface area contributed by atoms with Gasteiger partial charge in [-0.15, -0.1) is 0 Å². The van der Waals surface area contributed by atoms with Crippen LogP contribution in [0.15, 0.2) is 54.9 Å². The molecule has 3 aromatic rings. The van der Waals surface area contributed by atoms with Crippen LogP contribution in [-0.4, -0.2) is 53.1 Å². The van der Waals surface area contributed by atoms with Gasteiger partial charge in [-0.2, -0.15) is 0 Å². The molecule has 0 radical (unpaired) electrons. The predicted octanol–water partition coefficient (Wildman–Crippen LogP) is 3.99. The second kappa shape index (κ2) is 9.22. The van der Waals surface area contributed by atoms with Gasteiger partial charge in [0, 0.05) is 61.9 Å². The molecule has 0 amide bonds. The van der Waals surface area contributed by atoms with Crippen molar-refractivity contribution < 1.29 is 4.74 Å². The summed E-state index contributed by atoms with van der Waals surface area (Å²) >= 11 is 0. The Hall–Kier alpha value is -2.99. The topological polar surface area (TPSA) is 54.4 Å². The van der Waals surface area contributed by atoms with E-state index in [1.807, 2.05) is 18.2 Å². The molecule has 0 spiro atoms. The van der Waals surface area contributed by atoms with E-state index in [4.69, 9.17) is 14.7 Å². The van der Waals surface area contributed by atoms with Crippen molar-refractivity contribution in [1.29, 1.82) is 0 Å². The fraction of sp³-hybridized carbons (Fsp3) is 0.375. The molecule has 0 aliphatic carbocycles. The molecule has 1 saturated heterocycles. The van der Waals surface area contributed by atoms with E-state index >= 15 is 0 Å². The zero-order valence-corrected chi connectivity index (χ0v) is 18.0. The molecular formula is C24H29N5O. The van der Waals surface area contributed by atoms with Gasteiger partial charge in [0.05, 0.1) is 7.11 Å². The van der Waals surface area contributed by atoms with Gasteiger partial charge in [-0.25, -0.2) is 9.97 Å². The maximum Gasteiger partial charge on any atom is 0.161 e. The number of aromatic nitrogens is 3. The van der Waals surface area contributed by atoms with Gasteiger partial charge in [0.2, 0.25) is 0 Å². The van der Waals surface area contributed by atoms with Gasteiger partial charge in [0.1, 0.15) is 11.6 Å². The molecule has 156 valence electrons. The molecule has 0 bridgehead atoms. The lowest BCUT2D eigenvalue weighted by Crippen LogP contribution is -2.47. The molecule has 6 nitrogen and oxygen atoms in total. The van der Waals surface area contributed by atoms with Crippen molar-refractivity contribution in [3.05, 3.63) is 66.1 Å². The quantitative estimate of drug-likeness (QED) is 0.620. The zero-order chi connectivity index (χ0) is 20.9.